The van der Waals surface area contributed by atoms with Gasteiger partial charge in [0.2, 0.25) is 0 Å². The zero-order chi connectivity index (χ0) is 18.0. The zero-order valence-electron chi connectivity index (χ0n) is 14.6. The molecule has 0 unspecified atom stereocenters. The molecule has 134 valence electrons. The smallest absolute Gasteiger partial charge is 0.335 e. The van der Waals surface area contributed by atoms with Gasteiger partial charge in [-0.2, -0.15) is 0 Å². The average molecular weight is 350 g/mol. The molecule has 4 rings (SSSR count). The van der Waals surface area contributed by atoms with E-state index in [0.29, 0.717) is 12.1 Å². The molecule has 1 spiro atoms. The Bertz CT molecular complexity index is 837. The van der Waals surface area contributed by atoms with Crippen molar-refractivity contribution in [1.82, 2.24) is 0 Å². The molecule has 2 aromatic rings. The Kier molecular flexibility index (Phi) is 4.47. The number of hydrogen-bond donors (Lipinski definition) is 2. The molecule has 1 fully saturated rings. The standard InChI is InChI=1S/C21H22N2O3/c24-19(25)16-7-5-15(6-8-16)14-22-20-21(9-11-26-12-10-21)13-17-3-1-2-4-18(17)23-20/h1-8H,9-14H2,(H,22,23)(H,24,25). The van der Waals surface area contributed by atoms with Gasteiger partial charge in [0.15, 0.2) is 0 Å². The lowest BCUT2D eigenvalue weighted by molar-refractivity contribution is 0.0448. The van der Waals surface area contributed by atoms with E-state index in [1.54, 1.807) is 12.1 Å². The number of carboxylic acid groups (broad SMARTS) is 1. The van der Waals surface area contributed by atoms with Crippen molar-refractivity contribution in [2.75, 3.05) is 18.5 Å². The molecule has 2 N–H and O–H groups in total. The van der Waals surface area contributed by atoms with Gasteiger partial charge in [-0.15, -0.1) is 0 Å². The highest BCUT2D eigenvalue weighted by atomic mass is 16.5. The van der Waals surface area contributed by atoms with E-state index in [1.165, 1.54) is 5.56 Å². The molecule has 2 aliphatic rings. The largest absolute Gasteiger partial charge is 0.478 e. The lowest BCUT2D eigenvalue weighted by Gasteiger charge is -2.42. The summed E-state index contributed by atoms with van der Waals surface area (Å²) in [6.45, 7) is 2.05. The van der Waals surface area contributed by atoms with E-state index in [0.717, 1.165) is 49.6 Å². The van der Waals surface area contributed by atoms with Gasteiger partial charge in [-0.25, -0.2) is 4.79 Å². The number of amidine groups is 1. The third-order valence-electron chi connectivity index (χ3n) is 5.37. The first-order chi connectivity index (χ1) is 12.7. The molecule has 0 aliphatic carbocycles. The zero-order valence-corrected chi connectivity index (χ0v) is 14.6. The molecule has 0 bridgehead atoms. The maximum absolute atomic E-state index is 11.0. The van der Waals surface area contributed by atoms with E-state index in [9.17, 15) is 4.79 Å². The highest BCUT2D eigenvalue weighted by molar-refractivity contribution is 6.02. The summed E-state index contributed by atoms with van der Waals surface area (Å²) >= 11 is 0. The van der Waals surface area contributed by atoms with Crippen LogP contribution in [0, 0.1) is 5.41 Å². The molecule has 2 aliphatic heterocycles. The molecule has 5 nitrogen and oxygen atoms in total. The number of carbonyl (C=O) groups is 1. The Hall–Kier alpha value is -2.66. The van der Waals surface area contributed by atoms with Crippen LogP contribution in [-0.4, -0.2) is 30.1 Å². The summed E-state index contributed by atoms with van der Waals surface area (Å²) in [4.78, 5) is 15.9. The second-order valence-corrected chi connectivity index (χ2v) is 7.02. The van der Waals surface area contributed by atoms with Crippen LogP contribution in [-0.2, 0) is 17.7 Å². The number of carboxylic acids is 1. The van der Waals surface area contributed by atoms with Crippen LogP contribution in [0.5, 0.6) is 0 Å². The molecular formula is C21H22N2O3. The Labute approximate surface area is 152 Å². The van der Waals surface area contributed by atoms with Crippen molar-refractivity contribution >= 4 is 17.5 Å². The number of nitrogens with one attached hydrogen (secondary N) is 1. The van der Waals surface area contributed by atoms with Gasteiger partial charge in [-0.3, -0.25) is 4.99 Å². The van der Waals surface area contributed by atoms with Crippen LogP contribution in [0.15, 0.2) is 53.5 Å². The van der Waals surface area contributed by atoms with E-state index in [-0.39, 0.29) is 5.41 Å². The quantitative estimate of drug-likeness (QED) is 0.884. The summed E-state index contributed by atoms with van der Waals surface area (Å²) in [6, 6.07) is 15.3. The summed E-state index contributed by atoms with van der Waals surface area (Å²) in [7, 11) is 0. The third-order valence-corrected chi connectivity index (χ3v) is 5.37. The summed E-state index contributed by atoms with van der Waals surface area (Å²) in [5.41, 5.74) is 3.77. The minimum atomic E-state index is -0.908. The number of benzene rings is 2. The predicted octanol–water partition coefficient (Wildman–Crippen LogP) is 3.75. The number of anilines is 1. The minimum absolute atomic E-state index is 0.00755. The summed E-state index contributed by atoms with van der Waals surface area (Å²) < 4.78 is 5.59. The Balaban J connectivity index is 1.61. The first-order valence-electron chi connectivity index (χ1n) is 8.96. The summed E-state index contributed by atoms with van der Waals surface area (Å²) in [5, 5.41) is 12.6. The van der Waals surface area contributed by atoms with E-state index >= 15 is 0 Å². The fourth-order valence-corrected chi connectivity index (χ4v) is 3.81. The van der Waals surface area contributed by atoms with E-state index in [4.69, 9.17) is 14.8 Å². The van der Waals surface area contributed by atoms with Crippen LogP contribution < -0.4 is 5.32 Å². The van der Waals surface area contributed by atoms with Crippen molar-refractivity contribution < 1.29 is 14.6 Å². The lowest BCUT2D eigenvalue weighted by Crippen LogP contribution is -2.45. The number of hydrogen-bond acceptors (Lipinski definition) is 3. The van der Waals surface area contributed by atoms with E-state index in [2.05, 4.69) is 23.5 Å². The first kappa shape index (κ1) is 16.8. The molecule has 5 heteroatoms. The number of aliphatic imine (C=N–C) groups is 1. The number of aromatic carboxylic acids is 1. The normalized spacial score (nSPS) is 19.8. The number of fused-ring (bicyclic) bond motifs is 1. The summed E-state index contributed by atoms with van der Waals surface area (Å²) in [5.74, 6) is 0.122. The highest BCUT2D eigenvalue weighted by Gasteiger charge is 2.41. The highest BCUT2D eigenvalue weighted by Crippen LogP contribution is 2.41. The van der Waals surface area contributed by atoms with Crippen LogP contribution in [0.3, 0.4) is 0 Å². The number of nitrogens with zero attached hydrogens (tertiary/aromatic N) is 1. The summed E-state index contributed by atoms with van der Waals surface area (Å²) in [6.07, 6.45) is 2.91. The topological polar surface area (TPSA) is 70.9 Å². The van der Waals surface area contributed by atoms with Crippen molar-refractivity contribution in [3.8, 4) is 0 Å². The van der Waals surface area contributed by atoms with E-state index in [1.807, 2.05) is 18.2 Å². The molecule has 0 atom stereocenters. The second kappa shape index (κ2) is 6.92. The van der Waals surface area contributed by atoms with Crippen molar-refractivity contribution in [2.24, 2.45) is 10.4 Å². The monoisotopic (exact) mass is 350 g/mol. The Morgan fingerprint density at radius 2 is 1.85 bits per heavy atom. The van der Waals surface area contributed by atoms with Gasteiger partial charge in [0, 0.05) is 24.3 Å². The molecule has 0 radical (unpaired) electrons. The van der Waals surface area contributed by atoms with Crippen molar-refractivity contribution in [3.63, 3.8) is 0 Å². The molecule has 0 amide bonds. The Morgan fingerprint density at radius 1 is 1.12 bits per heavy atom. The van der Waals surface area contributed by atoms with Gasteiger partial charge in [0.05, 0.1) is 12.1 Å². The van der Waals surface area contributed by atoms with Crippen molar-refractivity contribution in [3.05, 3.63) is 65.2 Å². The predicted molar refractivity (Wildman–Crippen MR) is 101 cm³/mol. The average Bonchev–Trinajstić information content (AvgIpc) is 2.67. The Morgan fingerprint density at radius 3 is 2.58 bits per heavy atom. The molecule has 2 aromatic carbocycles. The molecule has 1 saturated heterocycles. The molecule has 2 heterocycles. The second-order valence-electron chi connectivity index (χ2n) is 7.02. The van der Waals surface area contributed by atoms with Crippen LogP contribution in [0.1, 0.15) is 34.3 Å². The fraction of sp³-hybridized carbons (Fsp3) is 0.333. The minimum Gasteiger partial charge on any atom is -0.478 e. The SMILES string of the molecule is O=C(O)c1ccc(CN=C2Nc3ccccc3CC23CCOCC3)cc1. The van der Waals surface area contributed by atoms with Gasteiger partial charge < -0.3 is 15.2 Å². The van der Waals surface area contributed by atoms with Gasteiger partial charge in [-0.05, 0) is 48.6 Å². The van der Waals surface area contributed by atoms with Gasteiger partial charge in [0.25, 0.3) is 0 Å². The van der Waals surface area contributed by atoms with E-state index < -0.39 is 5.97 Å². The van der Waals surface area contributed by atoms with Gasteiger partial charge in [-0.1, -0.05) is 30.3 Å². The van der Waals surface area contributed by atoms with Crippen LogP contribution in [0.25, 0.3) is 0 Å². The number of ether oxygens (including phenoxy) is 1. The number of para-hydroxylation sites is 1. The molecular weight excluding hydrogens is 328 g/mol. The van der Waals surface area contributed by atoms with Crippen molar-refractivity contribution in [1.29, 1.82) is 0 Å². The molecule has 0 saturated carbocycles. The first-order valence-corrected chi connectivity index (χ1v) is 8.96. The van der Waals surface area contributed by atoms with Gasteiger partial charge >= 0.3 is 5.97 Å². The van der Waals surface area contributed by atoms with Crippen LogP contribution in [0.4, 0.5) is 5.69 Å². The maximum Gasteiger partial charge on any atom is 0.335 e. The van der Waals surface area contributed by atoms with Crippen molar-refractivity contribution in [2.45, 2.75) is 25.8 Å². The van der Waals surface area contributed by atoms with Crippen LogP contribution in [0.2, 0.25) is 0 Å². The third kappa shape index (κ3) is 3.22. The number of rotatable bonds is 3. The van der Waals surface area contributed by atoms with Crippen LogP contribution >= 0.6 is 0 Å². The lowest BCUT2D eigenvalue weighted by atomic mass is 9.71. The maximum atomic E-state index is 11.0. The van der Waals surface area contributed by atoms with Gasteiger partial charge in [0.1, 0.15) is 5.84 Å². The molecule has 26 heavy (non-hydrogen) atoms. The molecule has 0 aromatic heterocycles. The fourth-order valence-electron chi connectivity index (χ4n) is 3.81.